The van der Waals surface area contributed by atoms with Crippen LogP contribution < -0.4 is 10.4 Å². The number of hydrogen-bond donors (Lipinski definition) is 2. The molecular formula is C19H32N2O4. The number of unbranched alkanes of at least 4 members (excludes halogenated alkanes) is 1. The Hall–Kier alpha value is -1.92. The van der Waals surface area contributed by atoms with E-state index in [0.29, 0.717) is 12.1 Å². The maximum Gasteiger partial charge on any atom is 0.258 e. The van der Waals surface area contributed by atoms with Gasteiger partial charge >= 0.3 is 0 Å². The minimum absolute atomic E-state index is 0.144. The van der Waals surface area contributed by atoms with E-state index in [-0.39, 0.29) is 18.4 Å². The first kappa shape index (κ1) is 23.1. The highest BCUT2D eigenvalue weighted by Crippen LogP contribution is 2.22. The average Bonchev–Trinajstić information content (AvgIpc) is 2.90. The van der Waals surface area contributed by atoms with Gasteiger partial charge in [0.15, 0.2) is 0 Å². The third-order valence-electron chi connectivity index (χ3n) is 3.33. The van der Waals surface area contributed by atoms with Crippen LogP contribution in [0.3, 0.4) is 0 Å². The Bertz CT molecular complexity index is 478. The zero-order chi connectivity index (χ0) is 19.1. The van der Waals surface area contributed by atoms with Gasteiger partial charge in [0.2, 0.25) is 0 Å². The smallest absolute Gasteiger partial charge is 0.258 e. The fourth-order valence-corrected chi connectivity index (χ4v) is 2.15. The highest BCUT2D eigenvalue weighted by Gasteiger charge is 2.39. The summed E-state index contributed by atoms with van der Waals surface area (Å²) in [4.78, 5) is 23.8. The van der Waals surface area contributed by atoms with Gasteiger partial charge in [0.25, 0.3) is 11.8 Å². The first-order valence-corrected chi connectivity index (χ1v) is 8.95. The molecule has 142 valence electrons. The molecule has 6 nitrogen and oxygen atoms in total. The molecule has 6 heteroatoms. The van der Waals surface area contributed by atoms with Crippen LogP contribution in [0.25, 0.3) is 0 Å². The van der Waals surface area contributed by atoms with Crippen molar-refractivity contribution in [3.8, 4) is 0 Å². The number of para-hydroxylation sites is 1. The van der Waals surface area contributed by atoms with E-state index >= 15 is 0 Å². The molecule has 1 aromatic carbocycles. The number of amides is 2. The van der Waals surface area contributed by atoms with Crippen molar-refractivity contribution in [2.75, 3.05) is 24.8 Å². The maximum atomic E-state index is 12.1. The molecule has 0 bridgehead atoms. The fraction of sp³-hybridized carbons (Fsp3) is 0.579. The Morgan fingerprint density at radius 2 is 1.64 bits per heavy atom. The Morgan fingerprint density at radius 1 is 1.08 bits per heavy atom. The van der Waals surface area contributed by atoms with Crippen molar-refractivity contribution in [3.63, 3.8) is 0 Å². The number of ether oxygens (including phenoxy) is 1. The number of rotatable bonds is 6. The Morgan fingerprint density at radius 3 is 2.08 bits per heavy atom. The molecule has 1 saturated heterocycles. The van der Waals surface area contributed by atoms with Gasteiger partial charge in [0.1, 0.15) is 5.92 Å². The standard InChI is InChI=1S/C13H16N2O2.C4H10O.C2H6O/c1-2-3-9-11-12(16)14-15(13(11)17)10-7-5-4-6-8-10;1-3-5-4-2;1-2-3/h4-8,11H,2-3,9H2,1H3,(H,14,16);3-4H2,1-2H3;3H,2H2,1H3. The van der Waals surface area contributed by atoms with Gasteiger partial charge in [-0.15, -0.1) is 0 Å². The molecule has 1 unspecified atom stereocenters. The van der Waals surface area contributed by atoms with Gasteiger partial charge in [-0.2, -0.15) is 0 Å². The summed E-state index contributed by atoms with van der Waals surface area (Å²) in [7, 11) is 0. The molecule has 0 aliphatic carbocycles. The molecule has 2 rings (SSSR count). The highest BCUT2D eigenvalue weighted by molar-refractivity contribution is 6.14. The summed E-state index contributed by atoms with van der Waals surface area (Å²) >= 11 is 0. The van der Waals surface area contributed by atoms with Crippen molar-refractivity contribution >= 4 is 17.5 Å². The minimum atomic E-state index is -0.518. The SMILES string of the molecule is CCCCC1C(=O)NN(c2ccccc2)C1=O.CCO.CCOCC. The second kappa shape index (κ2) is 14.4. The van der Waals surface area contributed by atoms with Gasteiger partial charge in [-0.05, 0) is 39.3 Å². The van der Waals surface area contributed by atoms with Crippen molar-refractivity contribution in [1.29, 1.82) is 0 Å². The van der Waals surface area contributed by atoms with Gasteiger partial charge < -0.3 is 9.84 Å². The van der Waals surface area contributed by atoms with Crippen molar-refractivity contribution in [1.82, 2.24) is 5.43 Å². The third kappa shape index (κ3) is 8.65. The van der Waals surface area contributed by atoms with Crippen LogP contribution >= 0.6 is 0 Å². The summed E-state index contributed by atoms with van der Waals surface area (Å²) in [6.45, 7) is 9.65. The number of aliphatic hydroxyl groups is 1. The van der Waals surface area contributed by atoms with E-state index in [1.807, 2.05) is 39.0 Å². The van der Waals surface area contributed by atoms with Gasteiger partial charge in [0.05, 0.1) is 5.69 Å². The molecule has 2 N–H and O–H groups in total. The molecule has 2 amide bonds. The van der Waals surface area contributed by atoms with Crippen LogP contribution in [0.15, 0.2) is 30.3 Å². The largest absolute Gasteiger partial charge is 0.397 e. The summed E-state index contributed by atoms with van der Waals surface area (Å²) in [5, 5.41) is 8.92. The molecule has 0 radical (unpaired) electrons. The molecule has 1 atom stereocenters. The first-order valence-electron chi connectivity index (χ1n) is 8.95. The predicted molar refractivity (Wildman–Crippen MR) is 100 cm³/mol. The molecule has 0 spiro atoms. The van der Waals surface area contributed by atoms with Crippen molar-refractivity contribution in [3.05, 3.63) is 30.3 Å². The van der Waals surface area contributed by atoms with E-state index in [1.54, 1.807) is 19.1 Å². The summed E-state index contributed by atoms with van der Waals surface area (Å²) < 4.78 is 4.83. The quantitative estimate of drug-likeness (QED) is 0.772. The number of benzene rings is 1. The summed E-state index contributed by atoms with van der Waals surface area (Å²) in [5.74, 6) is -0.850. The Kier molecular flexibility index (Phi) is 13.3. The molecule has 1 heterocycles. The number of carbonyl (C=O) groups excluding carboxylic acids is 2. The lowest BCUT2D eigenvalue weighted by molar-refractivity contribution is -0.127. The van der Waals surface area contributed by atoms with Crippen LogP contribution in [0.4, 0.5) is 5.69 Å². The number of aliphatic hydroxyl groups excluding tert-OH is 1. The Balaban J connectivity index is 0.000000610. The second-order valence-corrected chi connectivity index (χ2v) is 5.28. The summed E-state index contributed by atoms with van der Waals surface area (Å²) in [5.41, 5.74) is 3.34. The fourth-order valence-electron chi connectivity index (χ4n) is 2.15. The molecule has 1 aliphatic heterocycles. The monoisotopic (exact) mass is 352 g/mol. The lowest BCUT2D eigenvalue weighted by Crippen LogP contribution is -2.35. The molecule has 0 saturated carbocycles. The van der Waals surface area contributed by atoms with Crippen LogP contribution in [-0.2, 0) is 14.3 Å². The van der Waals surface area contributed by atoms with E-state index in [9.17, 15) is 9.59 Å². The van der Waals surface area contributed by atoms with Crippen molar-refractivity contribution < 1.29 is 19.4 Å². The highest BCUT2D eigenvalue weighted by atomic mass is 16.5. The number of nitrogens with one attached hydrogen (secondary N) is 1. The molecular weight excluding hydrogens is 320 g/mol. The first-order chi connectivity index (χ1) is 12.1. The number of anilines is 1. The zero-order valence-corrected chi connectivity index (χ0v) is 15.8. The molecule has 1 aromatic rings. The van der Waals surface area contributed by atoms with Crippen LogP contribution in [0.1, 0.15) is 47.0 Å². The third-order valence-corrected chi connectivity index (χ3v) is 3.33. The normalized spacial score (nSPS) is 15.7. The zero-order valence-electron chi connectivity index (χ0n) is 15.8. The van der Waals surface area contributed by atoms with Crippen LogP contribution in [-0.4, -0.2) is 36.7 Å². The lowest BCUT2D eigenvalue weighted by Gasteiger charge is -2.14. The molecule has 0 aromatic heterocycles. The number of carbonyl (C=O) groups is 2. The molecule has 1 aliphatic rings. The maximum absolute atomic E-state index is 12.1. The summed E-state index contributed by atoms with van der Waals surface area (Å²) in [6, 6.07) is 9.17. The van der Waals surface area contributed by atoms with E-state index in [1.165, 1.54) is 5.01 Å². The van der Waals surface area contributed by atoms with Gasteiger partial charge in [-0.25, -0.2) is 5.01 Å². The van der Waals surface area contributed by atoms with Crippen LogP contribution in [0, 0.1) is 5.92 Å². The van der Waals surface area contributed by atoms with Gasteiger partial charge in [-0.3, -0.25) is 15.0 Å². The summed E-state index contributed by atoms with van der Waals surface area (Å²) in [6.07, 6.45) is 2.51. The van der Waals surface area contributed by atoms with E-state index in [0.717, 1.165) is 26.1 Å². The molecule has 25 heavy (non-hydrogen) atoms. The van der Waals surface area contributed by atoms with Crippen molar-refractivity contribution in [2.24, 2.45) is 5.92 Å². The Labute approximate surface area is 151 Å². The number of hydrogen-bond acceptors (Lipinski definition) is 4. The second-order valence-electron chi connectivity index (χ2n) is 5.28. The van der Waals surface area contributed by atoms with E-state index in [4.69, 9.17) is 9.84 Å². The van der Waals surface area contributed by atoms with Gasteiger partial charge in [0, 0.05) is 19.8 Å². The van der Waals surface area contributed by atoms with Crippen molar-refractivity contribution in [2.45, 2.75) is 47.0 Å². The number of hydrazine groups is 1. The van der Waals surface area contributed by atoms with E-state index < -0.39 is 5.92 Å². The number of nitrogens with zero attached hydrogens (tertiary/aromatic N) is 1. The minimum Gasteiger partial charge on any atom is -0.397 e. The lowest BCUT2D eigenvalue weighted by atomic mass is 10.0. The van der Waals surface area contributed by atoms with Crippen LogP contribution in [0.2, 0.25) is 0 Å². The van der Waals surface area contributed by atoms with Crippen LogP contribution in [0.5, 0.6) is 0 Å². The molecule has 1 fully saturated rings. The predicted octanol–water partition coefficient (Wildman–Crippen LogP) is 2.91. The topological polar surface area (TPSA) is 78.9 Å². The average molecular weight is 352 g/mol. The van der Waals surface area contributed by atoms with E-state index in [2.05, 4.69) is 5.43 Å². The van der Waals surface area contributed by atoms with Gasteiger partial charge in [-0.1, -0.05) is 38.0 Å².